The van der Waals surface area contributed by atoms with Crippen molar-refractivity contribution in [2.45, 2.75) is 19.5 Å². The number of amides is 1. The third kappa shape index (κ3) is 4.98. The largest absolute Gasteiger partial charge is 0.455 e. The van der Waals surface area contributed by atoms with E-state index in [-0.39, 0.29) is 44.5 Å². The first-order chi connectivity index (χ1) is 13.0. The van der Waals surface area contributed by atoms with Crippen molar-refractivity contribution in [2.75, 3.05) is 0 Å². The summed E-state index contributed by atoms with van der Waals surface area (Å²) in [7, 11) is 3.66. The molecule has 0 aliphatic heterocycles. The van der Waals surface area contributed by atoms with Gasteiger partial charge >= 0.3 is 0 Å². The van der Waals surface area contributed by atoms with Crippen molar-refractivity contribution in [1.29, 1.82) is 0 Å². The van der Waals surface area contributed by atoms with Gasteiger partial charge in [-0.15, -0.1) is 0 Å². The molecule has 0 saturated carbocycles. The third-order valence-electron chi connectivity index (χ3n) is 4.34. The molecular formula is C21H20N4O2Y-2. The van der Waals surface area contributed by atoms with Gasteiger partial charge in [0.1, 0.15) is 5.75 Å². The summed E-state index contributed by atoms with van der Waals surface area (Å²) in [5.41, 5.74) is 1.95. The van der Waals surface area contributed by atoms with E-state index in [1.54, 1.807) is 12.3 Å². The van der Waals surface area contributed by atoms with Gasteiger partial charge in [-0.2, -0.15) is 0 Å². The summed E-state index contributed by atoms with van der Waals surface area (Å²) in [6.45, 7) is 12.4. The van der Waals surface area contributed by atoms with E-state index in [4.69, 9.17) is 11.3 Å². The van der Waals surface area contributed by atoms with Crippen molar-refractivity contribution in [3.05, 3.63) is 79.7 Å². The number of pyridine rings is 1. The van der Waals surface area contributed by atoms with Gasteiger partial charge in [0.25, 0.3) is 0 Å². The number of carbonyl (C=O) groups excluding carboxylic acids is 1. The van der Waals surface area contributed by atoms with Gasteiger partial charge in [0.15, 0.2) is 12.1 Å². The SMILES string of the molecule is [C-]#[N+]C([CH2-])N([CH2-])C(=O)C(C)Cc1c[nH]c2ccc(Oc3ccccn3)cc12.[Y]. The molecule has 3 rings (SSSR count). The number of carbonyl (C=O) groups is 1. The van der Waals surface area contributed by atoms with Crippen LogP contribution < -0.4 is 4.74 Å². The average molecular weight is 449 g/mol. The van der Waals surface area contributed by atoms with Gasteiger partial charge < -0.3 is 19.5 Å². The van der Waals surface area contributed by atoms with Crippen LogP contribution in [0.15, 0.2) is 48.8 Å². The molecular weight excluding hydrogens is 429 g/mol. The zero-order valence-corrected chi connectivity index (χ0v) is 18.5. The number of nitrogens with one attached hydrogen (secondary N) is 1. The monoisotopic (exact) mass is 449 g/mol. The fraction of sp³-hybridized carbons (Fsp3) is 0.190. The van der Waals surface area contributed by atoms with Crippen LogP contribution in [0.1, 0.15) is 12.5 Å². The van der Waals surface area contributed by atoms with Gasteiger partial charge in [0.05, 0.1) is 0 Å². The van der Waals surface area contributed by atoms with Crippen LogP contribution in [0.4, 0.5) is 0 Å². The predicted octanol–water partition coefficient (Wildman–Crippen LogP) is 4.23. The molecule has 7 heteroatoms. The second-order valence-electron chi connectivity index (χ2n) is 6.31. The van der Waals surface area contributed by atoms with Crippen LogP contribution >= 0.6 is 0 Å². The fourth-order valence-corrected chi connectivity index (χ4v) is 2.83. The van der Waals surface area contributed by atoms with Crippen molar-refractivity contribution in [2.24, 2.45) is 5.92 Å². The quantitative estimate of drug-likeness (QED) is 0.573. The first-order valence-electron chi connectivity index (χ1n) is 8.51. The summed E-state index contributed by atoms with van der Waals surface area (Å²) < 4.78 is 5.80. The topological polar surface area (TPSA) is 62.6 Å². The third-order valence-corrected chi connectivity index (χ3v) is 4.34. The molecule has 1 aromatic carbocycles. The zero-order chi connectivity index (χ0) is 19.4. The van der Waals surface area contributed by atoms with E-state index >= 15 is 0 Å². The van der Waals surface area contributed by atoms with Crippen molar-refractivity contribution in [3.8, 4) is 11.6 Å². The molecule has 1 radical (unpaired) electrons. The Labute approximate surface area is 190 Å². The number of nitrogens with zero attached hydrogens (tertiary/aromatic N) is 3. The van der Waals surface area contributed by atoms with Crippen molar-refractivity contribution < 1.29 is 42.2 Å². The minimum absolute atomic E-state index is 0. The van der Waals surface area contributed by atoms with E-state index in [1.807, 2.05) is 43.5 Å². The fourth-order valence-electron chi connectivity index (χ4n) is 2.83. The predicted molar refractivity (Wildman–Crippen MR) is 103 cm³/mol. The van der Waals surface area contributed by atoms with Crippen LogP contribution in [0.25, 0.3) is 15.7 Å². The van der Waals surface area contributed by atoms with Gasteiger partial charge in [-0.1, -0.05) is 13.0 Å². The number of H-pyrrole nitrogens is 1. The normalized spacial score (nSPS) is 12.5. The number of benzene rings is 1. The molecule has 141 valence electrons. The zero-order valence-electron chi connectivity index (χ0n) is 15.6. The standard InChI is InChI=1S/C21H20N4O2.Y/c1-14(21(26)25(4)15(2)22-3)11-16-13-24-19-9-8-17(12-18(16)19)27-20-7-5-6-10-23-20;/h5-10,12-15,24H,2,4,11H2,1H3;/q-2;. The molecule has 1 N–H and O–H groups in total. The molecule has 2 unspecified atom stereocenters. The maximum Gasteiger partial charge on any atom is 0.219 e. The van der Waals surface area contributed by atoms with Crippen LogP contribution in [0.5, 0.6) is 11.6 Å². The molecule has 6 nitrogen and oxygen atoms in total. The maximum absolute atomic E-state index is 12.5. The van der Waals surface area contributed by atoms with E-state index in [9.17, 15) is 4.79 Å². The van der Waals surface area contributed by atoms with Crippen LogP contribution in [-0.4, -0.2) is 26.9 Å². The summed E-state index contributed by atoms with van der Waals surface area (Å²) in [5, 5.41) is 0.982. The Balaban J connectivity index is 0.00000280. The molecule has 28 heavy (non-hydrogen) atoms. The molecule has 2 atom stereocenters. The summed E-state index contributed by atoms with van der Waals surface area (Å²) in [6.07, 6.45) is 3.26. The van der Waals surface area contributed by atoms with Gasteiger partial charge in [-0.05, 0) is 36.2 Å². The second kappa shape index (κ2) is 9.81. The molecule has 2 heterocycles. The first kappa shape index (κ1) is 22.1. The molecule has 3 aromatic rings. The molecule has 0 bridgehead atoms. The van der Waals surface area contributed by atoms with Crippen LogP contribution in [0.2, 0.25) is 0 Å². The van der Waals surface area contributed by atoms with E-state index in [2.05, 4.69) is 28.8 Å². The van der Waals surface area contributed by atoms with Crippen molar-refractivity contribution in [3.63, 3.8) is 0 Å². The number of rotatable bonds is 6. The van der Waals surface area contributed by atoms with E-state index in [0.29, 0.717) is 18.1 Å². The van der Waals surface area contributed by atoms with Gasteiger partial charge in [-0.25, -0.2) is 25.5 Å². The molecule has 0 spiro atoms. The summed E-state index contributed by atoms with van der Waals surface area (Å²) in [6, 6.07) is 11.2. The Morgan fingerprint density at radius 1 is 1.39 bits per heavy atom. The number of aromatic nitrogens is 2. The number of hydrogen-bond acceptors (Lipinski definition) is 3. The van der Waals surface area contributed by atoms with Crippen LogP contribution in [0, 0.1) is 26.5 Å². The second-order valence-corrected chi connectivity index (χ2v) is 6.31. The number of hydrogen-bond donors (Lipinski definition) is 1. The minimum Gasteiger partial charge on any atom is -0.455 e. The average Bonchev–Trinajstić information content (AvgIpc) is 3.09. The van der Waals surface area contributed by atoms with Crippen LogP contribution in [0.3, 0.4) is 0 Å². The molecule has 2 aromatic heterocycles. The van der Waals surface area contributed by atoms with E-state index in [1.165, 1.54) is 0 Å². The summed E-state index contributed by atoms with van der Waals surface area (Å²) >= 11 is 0. The number of fused-ring (bicyclic) bond motifs is 1. The molecule has 1 amide bonds. The maximum atomic E-state index is 12.5. The Kier molecular flexibility index (Phi) is 7.73. The van der Waals surface area contributed by atoms with Gasteiger partial charge in [-0.3, -0.25) is 4.79 Å². The Bertz CT molecular complexity index is 981. The Morgan fingerprint density at radius 2 is 2.18 bits per heavy atom. The van der Waals surface area contributed by atoms with E-state index < -0.39 is 6.17 Å². The number of aromatic amines is 1. The molecule has 0 aliphatic rings. The first-order valence-corrected chi connectivity index (χ1v) is 8.51. The molecule has 0 aliphatic carbocycles. The molecule has 0 saturated heterocycles. The van der Waals surface area contributed by atoms with Gasteiger partial charge in [0.2, 0.25) is 5.88 Å². The Morgan fingerprint density at radius 3 is 2.86 bits per heavy atom. The van der Waals surface area contributed by atoms with Gasteiger partial charge in [0, 0.05) is 68.0 Å². The number of ether oxygens (including phenoxy) is 1. The van der Waals surface area contributed by atoms with Crippen molar-refractivity contribution >= 4 is 16.8 Å². The minimum atomic E-state index is -0.818. The van der Waals surface area contributed by atoms with Crippen molar-refractivity contribution in [1.82, 2.24) is 14.9 Å². The molecule has 0 fully saturated rings. The van der Waals surface area contributed by atoms with E-state index in [0.717, 1.165) is 21.4 Å². The smallest absolute Gasteiger partial charge is 0.219 e. The Hall–Kier alpha value is -2.23. The summed E-state index contributed by atoms with van der Waals surface area (Å²) in [4.78, 5) is 24.2. The summed E-state index contributed by atoms with van der Waals surface area (Å²) in [5.74, 6) is 0.658. The van der Waals surface area contributed by atoms with Crippen LogP contribution in [-0.2, 0) is 43.9 Å².